The maximum absolute atomic E-state index is 12.9. The molecule has 3 atom stereocenters. The van der Waals surface area contributed by atoms with Gasteiger partial charge in [0.2, 0.25) is 6.29 Å². The van der Waals surface area contributed by atoms with Gasteiger partial charge in [0.25, 0.3) is 11.6 Å². The van der Waals surface area contributed by atoms with Gasteiger partial charge in [0.1, 0.15) is 12.0 Å². The largest absolute Gasteiger partial charge is 0.459 e. The van der Waals surface area contributed by atoms with Crippen molar-refractivity contribution >= 4 is 17.4 Å². The van der Waals surface area contributed by atoms with Crippen molar-refractivity contribution in [1.82, 2.24) is 10.3 Å². The number of nitro groups is 1. The van der Waals surface area contributed by atoms with Crippen molar-refractivity contribution in [3.8, 4) is 0 Å². The van der Waals surface area contributed by atoms with Crippen LogP contribution in [-0.2, 0) is 14.3 Å². The van der Waals surface area contributed by atoms with Crippen LogP contribution in [0.3, 0.4) is 0 Å². The molecule has 0 spiro atoms. The molecular weight excluding hydrogens is 440 g/mol. The lowest BCUT2D eigenvalue weighted by Crippen LogP contribution is -2.39. The summed E-state index contributed by atoms with van der Waals surface area (Å²) in [7, 11) is 0. The molecule has 1 aromatic heterocycles. The number of pyridine rings is 1. The number of aliphatic hydroxyl groups excluding tert-OH is 1. The predicted octanol–water partition coefficient (Wildman–Crippen LogP) is 2.97. The molecule has 34 heavy (non-hydrogen) atoms. The number of carbonyl (C=O) groups excluding carboxylic acids is 1. The predicted molar refractivity (Wildman–Crippen MR) is 126 cm³/mol. The van der Waals surface area contributed by atoms with Gasteiger partial charge in [0, 0.05) is 44.2 Å². The van der Waals surface area contributed by atoms with Crippen LogP contribution < -0.4 is 10.6 Å². The van der Waals surface area contributed by atoms with Crippen LogP contribution in [0.5, 0.6) is 0 Å². The van der Waals surface area contributed by atoms with E-state index in [9.17, 15) is 20.0 Å². The van der Waals surface area contributed by atoms with E-state index in [-0.39, 0.29) is 35.8 Å². The molecule has 10 nitrogen and oxygen atoms in total. The molecule has 0 saturated carbocycles. The topological polar surface area (TPSA) is 136 Å². The second-order valence-electron chi connectivity index (χ2n) is 7.78. The van der Waals surface area contributed by atoms with Crippen LogP contribution in [0.1, 0.15) is 31.2 Å². The fraction of sp³-hybridized carbons (Fsp3) is 0.417. The molecule has 0 radical (unpaired) electrons. The van der Waals surface area contributed by atoms with E-state index >= 15 is 0 Å². The van der Waals surface area contributed by atoms with E-state index in [1.165, 1.54) is 18.3 Å². The molecule has 2 heterocycles. The van der Waals surface area contributed by atoms with E-state index in [1.807, 2.05) is 43.3 Å². The zero-order valence-electron chi connectivity index (χ0n) is 19.1. The average Bonchev–Trinajstić information content (AvgIpc) is 2.86. The zero-order valence-corrected chi connectivity index (χ0v) is 19.1. The van der Waals surface area contributed by atoms with E-state index < -0.39 is 11.2 Å². The number of amides is 1. The van der Waals surface area contributed by atoms with E-state index in [2.05, 4.69) is 15.6 Å². The molecule has 182 valence electrons. The Morgan fingerprint density at radius 1 is 1.24 bits per heavy atom. The number of allylic oxidation sites excluding steroid dienone is 1. The lowest BCUT2D eigenvalue weighted by atomic mass is 9.80. The van der Waals surface area contributed by atoms with Crippen LogP contribution in [0, 0.1) is 16.0 Å². The number of benzene rings is 1. The molecule has 0 bridgehead atoms. The van der Waals surface area contributed by atoms with E-state index in [0.717, 1.165) is 5.56 Å². The Kier molecular flexibility index (Phi) is 9.36. The van der Waals surface area contributed by atoms with Gasteiger partial charge >= 0.3 is 0 Å². The highest BCUT2D eigenvalue weighted by atomic mass is 16.7. The molecule has 1 amide bonds. The summed E-state index contributed by atoms with van der Waals surface area (Å²) in [6, 6.07) is 12.7. The second-order valence-corrected chi connectivity index (χ2v) is 7.78. The number of aliphatic hydroxyl groups is 1. The molecule has 1 aliphatic heterocycles. The number of anilines is 1. The number of nitrogens with one attached hydrogen (secondary N) is 2. The number of ether oxygens (including phenoxy) is 2. The quantitative estimate of drug-likeness (QED) is 0.245. The number of hydrogen-bond donors (Lipinski definition) is 3. The van der Waals surface area contributed by atoms with Gasteiger partial charge in [-0.25, -0.2) is 4.98 Å². The van der Waals surface area contributed by atoms with Crippen molar-refractivity contribution in [2.45, 2.75) is 32.0 Å². The van der Waals surface area contributed by atoms with Crippen molar-refractivity contribution in [2.24, 2.45) is 5.92 Å². The molecule has 0 saturated heterocycles. The van der Waals surface area contributed by atoms with Crippen LogP contribution in [0.4, 0.5) is 11.5 Å². The fourth-order valence-corrected chi connectivity index (χ4v) is 3.87. The molecule has 0 fully saturated rings. The van der Waals surface area contributed by atoms with Crippen molar-refractivity contribution in [1.29, 1.82) is 0 Å². The summed E-state index contributed by atoms with van der Waals surface area (Å²) >= 11 is 0. The Morgan fingerprint density at radius 2 is 2.03 bits per heavy atom. The summed E-state index contributed by atoms with van der Waals surface area (Å²) in [6.45, 7) is 3.05. The summed E-state index contributed by atoms with van der Waals surface area (Å²) in [5.41, 5.74) is 0.962. The van der Waals surface area contributed by atoms with Gasteiger partial charge in [0.05, 0.1) is 4.92 Å². The lowest BCUT2D eigenvalue weighted by Gasteiger charge is -2.37. The molecule has 3 N–H and O–H groups in total. The van der Waals surface area contributed by atoms with Crippen LogP contribution >= 0.6 is 0 Å². The zero-order chi connectivity index (χ0) is 24.3. The SMILES string of the molecule is CCO[C@@H]1OC(C(=O)NCCNc2ccc([N+](=O)[O-])cn2)=C[C@H](c2ccccc2)[C@H]1CCCO. The minimum atomic E-state index is -0.602. The highest BCUT2D eigenvalue weighted by Crippen LogP contribution is 2.39. The van der Waals surface area contributed by atoms with Crippen molar-refractivity contribution in [3.63, 3.8) is 0 Å². The first-order valence-electron chi connectivity index (χ1n) is 11.3. The Hall–Kier alpha value is -3.50. The number of hydrogen-bond acceptors (Lipinski definition) is 8. The lowest BCUT2D eigenvalue weighted by molar-refractivity contribution is -0.385. The van der Waals surface area contributed by atoms with E-state index in [1.54, 1.807) is 0 Å². The summed E-state index contributed by atoms with van der Waals surface area (Å²) in [4.78, 5) is 27.0. The molecule has 10 heteroatoms. The summed E-state index contributed by atoms with van der Waals surface area (Å²) in [6.07, 6.45) is 3.70. The molecule has 1 aromatic carbocycles. The van der Waals surface area contributed by atoms with Crippen LogP contribution in [0.25, 0.3) is 0 Å². The van der Waals surface area contributed by atoms with Crippen LogP contribution in [0.2, 0.25) is 0 Å². The maximum atomic E-state index is 12.9. The third kappa shape index (κ3) is 6.75. The summed E-state index contributed by atoms with van der Waals surface area (Å²) < 4.78 is 11.8. The maximum Gasteiger partial charge on any atom is 0.287 e. The van der Waals surface area contributed by atoms with Crippen LogP contribution in [0.15, 0.2) is 60.5 Å². The summed E-state index contributed by atoms with van der Waals surface area (Å²) in [5, 5.41) is 25.9. The van der Waals surface area contributed by atoms with Crippen molar-refractivity contribution in [3.05, 3.63) is 76.2 Å². The Labute approximate surface area is 198 Å². The first-order chi connectivity index (χ1) is 16.5. The van der Waals surface area contributed by atoms with Gasteiger partial charge < -0.3 is 25.2 Å². The fourth-order valence-electron chi connectivity index (χ4n) is 3.87. The Bertz CT molecular complexity index is 967. The molecule has 0 aliphatic carbocycles. The third-order valence-electron chi connectivity index (χ3n) is 5.50. The number of rotatable bonds is 12. The standard InChI is InChI=1S/C24H30N4O6/c1-2-33-24-19(9-6-14-29)20(17-7-4-3-5-8-17)15-21(34-24)23(30)26-13-12-25-22-11-10-18(16-27-22)28(31)32/h3-5,7-8,10-11,15-16,19-20,24,29H,2,6,9,12-14H2,1H3,(H,25,27)(H,26,30)/t19-,20-,24-/m1/s1. The van der Waals surface area contributed by atoms with Crippen LogP contribution in [-0.4, -0.2) is 53.5 Å². The minimum absolute atomic E-state index is 0.0408. The number of nitrogens with zero attached hydrogens (tertiary/aromatic N) is 2. The molecular formula is C24H30N4O6. The van der Waals surface area contributed by atoms with Gasteiger partial charge in [-0.3, -0.25) is 14.9 Å². The first kappa shape index (κ1) is 25.1. The third-order valence-corrected chi connectivity index (χ3v) is 5.50. The molecule has 3 rings (SSSR count). The van der Waals surface area contributed by atoms with E-state index in [4.69, 9.17) is 9.47 Å². The normalized spacial score (nSPS) is 19.6. The van der Waals surface area contributed by atoms with Crippen molar-refractivity contribution in [2.75, 3.05) is 31.6 Å². The Morgan fingerprint density at radius 3 is 2.68 bits per heavy atom. The summed E-state index contributed by atoms with van der Waals surface area (Å²) in [5.74, 6) is 0.174. The smallest absolute Gasteiger partial charge is 0.287 e. The Balaban J connectivity index is 1.65. The van der Waals surface area contributed by atoms with Gasteiger partial charge in [-0.05, 0) is 37.5 Å². The average molecular weight is 471 g/mol. The van der Waals surface area contributed by atoms with Gasteiger partial charge in [-0.15, -0.1) is 0 Å². The number of carbonyl (C=O) groups is 1. The number of aromatic nitrogens is 1. The highest BCUT2D eigenvalue weighted by molar-refractivity contribution is 5.91. The highest BCUT2D eigenvalue weighted by Gasteiger charge is 2.37. The monoisotopic (exact) mass is 470 g/mol. The first-order valence-corrected chi connectivity index (χ1v) is 11.3. The van der Waals surface area contributed by atoms with Gasteiger partial charge in [-0.2, -0.15) is 0 Å². The van der Waals surface area contributed by atoms with Gasteiger partial charge in [0.15, 0.2) is 5.76 Å². The van der Waals surface area contributed by atoms with Gasteiger partial charge in [-0.1, -0.05) is 30.3 Å². The molecule has 1 aliphatic rings. The minimum Gasteiger partial charge on any atom is -0.459 e. The van der Waals surface area contributed by atoms with E-state index in [0.29, 0.717) is 38.4 Å². The molecule has 0 unspecified atom stereocenters. The van der Waals surface area contributed by atoms with Crippen molar-refractivity contribution < 1.29 is 24.3 Å². The second kappa shape index (κ2) is 12.7. The molecule has 2 aromatic rings.